The molecule has 0 radical (unpaired) electrons. The van der Waals surface area contributed by atoms with Crippen LogP contribution in [0, 0.1) is 5.92 Å². The molecule has 1 aromatic heterocycles. The lowest BCUT2D eigenvalue weighted by molar-refractivity contribution is -0.128. The Bertz CT molecular complexity index is 967. The van der Waals surface area contributed by atoms with Crippen molar-refractivity contribution in [2.24, 2.45) is 5.92 Å². The largest absolute Gasteiger partial charge is 0.375 e. The number of fused-ring (bicyclic) bond motifs is 1. The zero-order valence-corrected chi connectivity index (χ0v) is 19.3. The average Bonchev–Trinajstić information content (AvgIpc) is 3.27. The molecular weight excluding hydrogens is 400 g/mol. The highest BCUT2D eigenvalue weighted by atomic mass is 16.5. The van der Waals surface area contributed by atoms with Gasteiger partial charge in [-0.05, 0) is 58.8 Å². The average molecular weight is 435 g/mol. The Morgan fingerprint density at radius 1 is 1.09 bits per heavy atom. The second-order valence-corrected chi connectivity index (χ2v) is 10.1. The van der Waals surface area contributed by atoms with E-state index in [4.69, 9.17) is 14.7 Å². The van der Waals surface area contributed by atoms with E-state index in [2.05, 4.69) is 36.2 Å². The highest BCUT2D eigenvalue weighted by molar-refractivity contribution is 5.79. The van der Waals surface area contributed by atoms with Crippen molar-refractivity contribution in [2.45, 2.75) is 70.4 Å². The fraction of sp³-hybridized carbons (Fsp3) is 0.577. The summed E-state index contributed by atoms with van der Waals surface area (Å²) in [7, 11) is 0. The molecule has 5 rings (SSSR count). The second-order valence-electron chi connectivity index (χ2n) is 10.1. The number of hydrogen-bond donors (Lipinski definition) is 1. The molecule has 2 aromatic rings. The molecule has 6 nitrogen and oxygen atoms in total. The molecule has 1 aromatic carbocycles. The number of aromatic nitrogens is 2. The van der Waals surface area contributed by atoms with Crippen LogP contribution in [-0.2, 0) is 22.4 Å². The Hall–Kier alpha value is -2.47. The van der Waals surface area contributed by atoms with Gasteiger partial charge >= 0.3 is 0 Å². The molecule has 6 heteroatoms. The zero-order chi connectivity index (χ0) is 22.1. The van der Waals surface area contributed by atoms with Crippen molar-refractivity contribution in [1.82, 2.24) is 15.3 Å². The van der Waals surface area contributed by atoms with Gasteiger partial charge in [-0.1, -0.05) is 30.3 Å². The van der Waals surface area contributed by atoms with Crippen LogP contribution in [-0.4, -0.2) is 47.2 Å². The number of nitrogens with zero attached hydrogens (tertiary/aromatic N) is 3. The highest BCUT2D eigenvalue weighted by Gasteiger charge is 2.33. The van der Waals surface area contributed by atoms with Gasteiger partial charge in [0.1, 0.15) is 5.82 Å². The number of carbonyl (C=O) groups is 1. The van der Waals surface area contributed by atoms with Crippen LogP contribution < -0.4 is 10.2 Å². The Morgan fingerprint density at radius 2 is 1.88 bits per heavy atom. The SMILES string of the molecule is CC1(C)C[C@H](NC(=O)C2CCN(c3nc(-c4ccccc4)nc4c3CCC4)CC2)CCO1. The minimum absolute atomic E-state index is 0.0840. The minimum Gasteiger partial charge on any atom is -0.375 e. The number of carbonyl (C=O) groups excluding carboxylic acids is 1. The van der Waals surface area contributed by atoms with E-state index in [1.807, 2.05) is 18.2 Å². The molecule has 2 aliphatic heterocycles. The van der Waals surface area contributed by atoms with Gasteiger partial charge in [0.25, 0.3) is 0 Å². The molecule has 2 saturated heterocycles. The fourth-order valence-corrected chi connectivity index (χ4v) is 5.42. The molecule has 0 spiro atoms. The number of piperidine rings is 1. The Kier molecular flexibility index (Phi) is 5.89. The van der Waals surface area contributed by atoms with E-state index in [1.54, 1.807) is 0 Å². The van der Waals surface area contributed by atoms with Crippen LogP contribution >= 0.6 is 0 Å². The number of benzene rings is 1. The summed E-state index contributed by atoms with van der Waals surface area (Å²) in [6.45, 7) is 6.67. The second kappa shape index (κ2) is 8.81. The van der Waals surface area contributed by atoms with Crippen molar-refractivity contribution in [2.75, 3.05) is 24.6 Å². The van der Waals surface area contributed by atoms with Crippen LogP contribution in [0.15, 0.2) is 30.3 Å². The van der Waals surface area contributed by atoms with E-state index in [0.29, 0.717) is 0 Å². The summed E-state index contributed by atoms with van der Waals surface area (Å²) in [5.41, 5.74) is 3.44. The smallest absolute Gasteiger partial charge is 0.223 e. The van der Waals surface area contributed by atoms with Crippen LogP contribution in [0.3, 0.4) is 0 Å². The van der Waals surface area contributed by atoms with Gasteiger partial charge in [-0.3, -0.25) is 4.79 Å². The van der Waals surface area contributed by atoms with Crippen LogP contribution in [0.1, 0.15) is 57.2 Å². The molecule has 1 aliphatic carbocycles. The third-order valence-corrected chi connectivity index (χ3v) is 7.15. The molecule has 1 amide bonds. The first kappa shape index (κ1) is 21.4. The van der Waals surface area contributed by atoms with Gasteiger partial charge in [-0.15, -0.1) is 0 Å². The molecule has 1 atom stereocenters. The van der Waals surface area contributed by atoms with Crippen molar-refractivity contribution >= 4 is 11.7 Å². The number of aryl methyl sites for hydroxylation is 1. The van der Waals surface area contributed by atoms with E-state index in [9.17, 15) is 4.79 Å². The van der Waals surface area contributed by atoms with Gasteiger partial charge in [0.05, 0.1) is 5.60 Å². The number of nitrogens with one attached hydrogen (secondary N) is 1. The predicted octanol–water partition coefficient (Wildman–Crippen LogP) is 3.92. The fourth-order valence-electron chi connectivity index (χ4n) is 5.42. The van der Waals surface area contributed by atoms with Crippen LogP contribution in [0.4, 0.5) is 5.82 Å². The molecule has 0 saturated carbocycles. The van der Waals surface area contributed by atoms with Crippen LogP contribution in [0.2, 0.25) is 0 Å². The molecule has 2 fully saturated rings. The summed E-state index contributed by atoms with van der Waals surface area (Å²) >= 11 is 0. The predicted molar refractivity (Wildman–Crippen MR) is 126 cm³/mol. The Morgan fingerprint density at radius 3 is 2.62 bits per heavy atom. The molecular formula is C26H34N4O2. The first-order valence-corrected chi connectivity index (χ1v) is 12.1. The number of hydrogen-bond acceptors (Lipinski definition) is 5. The lowest BCUT2D eigenvalue weighted by atomic mass is 9.91. The van der Waals surface area contributed by atoms with Crippen molar-refractivity contribution < 1.29 is 9.53 Å². The molecule has 170 valence electrons. The highest BCUT2D eigenvalue weighted by Crippen LogP contribution is 2.33. The zero-order valence-electron chi connectivity index (χ0n) is 19.3. The Balaban J connectivity index is 1.26. The first-order valence-electron chi connectivity index (χ1n) is 12.1. The summed E-state index contributed by atoms with van der Waals surface area (Å²) in [6.07, 6.45) is 6.77. The molecule has 3 heterocycles. The lowest BCUT2D eigenvalue weighted by Crippen LogP contribution is -2.49. The summed E-state index contributed by atoms with van der Waals surface area (Å²) in [5.74, 6) is 2.21. The summed E-state index contributed by atoms with van der Waals surface area (Å²) in [4.78, 5) is 25.2. The molecule has 0 unspecified atom stereocenters. The number of anilines is 1. The topological polar surface area (TPSA) is 67.4 Å². The van der Waals surface area contributed by atoms with Crippen LogP contribution in [0.5, 0.6) is 0 Å². The van der Waals surface area contributed by atoms with E-state index in [0.717, 1.165) is 81.8 Å². The van der Waals surface area contributed by atoms with Crippen molar-refractivity contribution in [3.8, 4) is 11.4 Å². The quantitative estimate of drug-likeness (QED) is 0.790. The number of ether oxygens (including phenoxy) is 1. The van der Waals surface area contributed by atoms with Crippen molar-refractivity contribution in [3.63, 3.8) is 0 Å². The molecule has 3 aliphatic rings. The number of rotatable bonds is 4. The van der Waals surface area contributed by atoms with E-state index < -0.39 is 0 Å². The van der Waals surface area contributed by atoms with E-state index in [-0.39, 0.29) is 23.5 Å². The van der Waals surface area contributed by atoms with Crippen LogP contribution in [0.25, 0.3) is 11.4 Å². The summed E-state index contributed by atoms with van der Waals surface area (Å²) in [5, 5.41) is 3.31. The third kappa shape index (κ3) is 4.51. The van der Waals surface area contributed by atoms with E-state index in [1.165, 1.54) is 11.3 Å². The maximum absolute atomic E-state index is 13.0. The van der Waals surface area contributed by atoms with Gasteiger partial charge < -0.3 is 15.0 Å². The van der Waals surface area contributed by atoms with Crippen molar-refractivity contribution in [1.29, 1.82) is 0 Å². The van der Waals surface area contributed by atoms with Gasteiger partial charge in [-0.25, -0.2) is 9.97 Å². The monoisotopic (exact) mass is 434 g/mol. The molecule has 32 heavy (non-hydrogen) atoms. The molecule has 0 bridgehead atoms. The first-order chi connectivity index (χ1) is 15.5. The van der Waals surface area contributed by atoms with Gasteiger partial charge in [0, 0.05) is 48.5 Å². The molecule has 1 N–H and O–H groups in total. The van der Waals surface area contributed by atoms with Gasteiger partial charge in [0.15, 0.2) is 5.82 Å². The normalized spacial score (nSPS) is 23.1. The van der Waals surface area contributed by atoms with Crippen molar-refractivity contribution in [3.05, 3.63) is 41.6 Å². The standard InChI is InChI=1S/C26H34N4O2/c1-26(2)17-20(13-16-32-26)27-25(31)19-11-14-30(15-12-19)24-21-9-6-10-22(21)28-23(29-24)18-7-4-3-5-8-18/h3-5,7-8,19-20H,6,9-17H2,1-2H3,(H,27,31)/t20-/m1/s1. The minimum atomic E-state index is -0.149. The third-order valence-electron chi connectivity index (χ3n) is 7.15. The van der Waals surface area contributed by atoms with E-state index >= 15 is 0 Å². The maximum Gasteiger partial charge on any atom is 0.223 e. The Labute approximate surface area is 190 Å². The van der Waals surface area contributed by atoms with Gasteiger partial charge in [0.2, 0.25) is 5.91 Å². The lowest BCUT2D eigenvalue weighted by Gasteiger charge is -2.37. The summed E-state index contributed by atoms with van der Waals surface area (Å²) in [6, 6.07) is 10.5. The maximum atomic E-state index is 13.0. The number of amides is 1. The van der Waals surface area contributed by atoms with Gasteiger partial charge in [-0.2, -0.15) is 0 Å². The summed E-state index contributed by atoms with van der Waals surface area (Å²) < 4.78 is 5.79.